The predicted molar refractivity (Wildman–Crippen MR) is 104 cm³/mol. The van der Waals surface area contributed by atoms with Crippen molar-refractivity contribution in [3.8, 4) is 0 Å². The Morgan fingerprint density at radius 1 is 1.20 bits per heavy atom. The highest BCUT2D eigenvalue weighted by atomic mass is 16.2. The number of hydrogen-bond donors (Lipinski definition) is 2. The summed E-state index contributed by atoms with van der Waals surface area (Å²) in [7, 11) is 2.23. The van der Waals surface area contributed by atoms with Crippen molar-refractivity contribution in [2.24, 2.45) is 4.99 Å². The van der Waals surface area contributed by atoms with Crippen molar-refractivity contribution in [1.82, 2.24) is 20.4 Å². The van der Waals surface area contributed by atoms with Crippen LogP contribution < -0.4 is 10.6 Å². The summed E-state index contributed by atoms with van der Waals surface area (Å²) in [6.45, 7) is 8.34. The van der Waals surface area contributed by atoms with Crippen molar-refractivity contribution >= 4 is 11.9 Å². The smallest absolute Gasteiger partial charge is 0.222 e. The van der Waals surface area contributed by atoms with Gasteiger partial charge < -0.3 is 20.4 Å². The van der Waals surface area contributed by atoms with Crippen molar-refractivity contribution < 1.29 is 4.79 Å². The van der Waals surface area contributed by atoms with Crippen LogP contribution in [-0.2, 0) is 4.79 Å². The summed E-state index contributed by atoms with van der Waals surface area (Å²) >= 11 is 0. The molecular formula is C19H37N5O. The number of rotatable bonds is 7. The molecule has 1 atom stereocenters. The molecule has 1 amide bonds. The Morgan fingerprint density at radius 2 is 1.96 bits per heavy atom. The first-order valence-corrected chi connectivity index (χ1v) is 10.2. The lowest BCUT2D eigenvalue weighted by molar-refractivity contribution is -0.129. The number of amides is 1. The largest absolute Gasteiger partial charge is 0.357 e. The van der Waals surface area contributed by atoms with Crippen LogP contribution in [-0.4, -0.2) is 73.5 Å². The van der Waals surface area contributed by atoms with Crippen LogP contribution in [0, 0.1) is 0 Å². The van der Waals surface area contributed by atoms with E-state index in [9.17, 15) is 4.79 Å². The highest BCUT2D eigenvalue weighted by Crippen LogP contribution is 2.21. The highest BCUT2D eigenvalue weighted by molar-refractivity contribution is 5.80. The molecule has 1 saturated carbocycles. The Kier molecular flexibility index (Phi) is 8.52. The minimum Gasteiger partial charge on any atom is -0.357 e. The van der Waals surface area contributed by atoms with Crippen LogP contribution in [0.15, 0.2) is 4.99 Å². The van der Waals surface area contributed by atoms with Gasteiger partial charge in [0.25, 0.3) is 0 Å². The lowest BCUT2D eigenvalue weighted by Gasteiger charge is -2.30. The molecule has 25 heavy (non-hydrogen) atoms. The maximum Gasteiger partial charge on any atom is 0.222 e. The van der Waals surface area contributed by atoms with E-state index in [1.165, 1.54) is 32.1 Å². The van der Waals surface area contributed by atoms with E-state index >= 15 is 0 Å². The average Bonchev–Trinajstić information content (AvgIpc) is 3.10. The Bertz CT molecular complexity index is 434. The van der Waals surface area contributed by atoms with Gasteiger partial charge in [-0.3, -0.25) is 9.79 Å². The fourth-order valence-electron chi connectivity index (χ4n) is 3.87. The van der Waals surface area contributed by atoms with Gasteiger partial charge in [0.05, 0.1) is 6.54 Å². The van der Waals surface area contributed by atoms with E-state index in [1.54, 1.807) is 0 Å². The molecule has 0 radical (unpaired) electrons. The number of carbonyl (C=O) groups is 1. The molecule has 0 spiro atoms. The first-order chi connectivity index (χ1) is 12.1. The number of likely N-dealkylation sites (tertiary alicyclic amines) is 1. The van der Waals surface area contributed by atoms with E-state index in [0.29, 0.717) is 12.5 Å². The standard InChI is InChI=1S/C19H37N5O/c1-4-18(25)24-13-11-16(15-24)22-19(20-5-2)21-12-14-23(3)17-9-7-6-8-10-17/h16-17H,4-15H2,1-3H3,(H2,20,21,22). The molecule has 144 valence electrons. The zero-order valence-electron chi connectivity index (χ0n) is 16.4. The molecule has 6 heteroatoms. The second kappa shape index (κ2) is 10.6. The number of likely N-dealkylation sites (N-methyl/N-ethyl adjacent to an activating group) is 1. The van der Waals surface area contributed by atoms with Gasteiger partial charge in [0.1, 0.15) is 0 Å². The van der Waals surface area contributed by atoms with Gasteiger partial charge in [-0.15, -0.1) is 0 Å². The predicted octanol–water partition coefficient (Wildman–Crippen LogP) is 1.82. The van der Waals surface area contributed by atoms with Crippen LogP contribution in [0.1, 0.15) is 58.8 Å². The van der Waals surface area contributed by atoms with Crippen molar-refractivity contribution in [3.63, 3.8) is 0 Å². The summed E-state index contributed by atoms with van der Waals surface area (Å²) in [5.74, 6) is 1.13. The fraction of sp³-hybridized carbons (Fsp3) is 0.895. The molecule has 0 bridgehead atoms. The third-order valence-electron chi connectivity index (χ3n) is 5.45. The monoisotopic (exact) mass is 351 g/mol. The third kappa shape index (κ3) is 6.49. The minimum atomic E-state index is 0.250. The van der Waals surface area contributed by atoms with Gasteiger partial charge in [0, 0.05) is 44.7 Å². The second-order valence-corrected chi connectivity index (χ2v) is 7.36. The summed E-state index contributed by atoms with van der Waals surface area (Å²) < 4.78 is 0. The lowest BCUT2D eigenvalue weighted by atomic mass is 9.94. The SMILES string of the molecule is CCNC(=NCCN(C)C1CCCCC1)NC1CCN(C(=O)CC)C1. The molecular weight excluding hydrogens is 314 g/mol. The van der Waals surface area contributed by atoms with Crippen LogP contribution in [0.3, 0.4) is 0 Å². The lowest BCUT2D eigenvalue weighted by Crippen LogP contribution is -2.45. The zero-order valence-corrected chi connectivity index (χ0v) is 16.4. The Labute approximate surface area is 153 Å². The number of aliphatic imine (C=N–C) groups is 1. The van der Waals surface area contributed by atoms with Gasteiger partial charge in [-0.25, -0.2) is 0 Å². The molecule has 0 aromatic rings. The van der Waals surface area contributed by atoms with Crippen LogP contribution in [0.4, 0.5) is 0 Å². The summed E-state index contributed by atoms with van der Waals surface area (Å²) in [4.78, 5) is 21.0. The molecule has 2 aliphatic rings. The van der Waals surface area contributed by atoms with Crippen LogP contribution in [0.25, 0.3) is 0 Å². The van der Waals surface area contributed by atoms with E-state index in [-0.39, 0.29) is 5.91 Å². The molecule has 1 saturated heterocycles. The van der Waals surface area contributed by atoms with Gasteiger partial charge in [-0.1, -0.05) is 26.2 Å². The Hall–Kier alpha value is -1.30. The van der Waals surface area contributed by atoms with Crippen molar-refractivity contribution in [2.45, 2.75) is 70.9 Å². The minimum absolute atomic E-state index is 0.250. The van der Waals surface area contributed by atoms with Crippen LogP contribution >= 0.6 is 0 Å². The first kappa shape index (κ1) is 20.0. The molecule has 6 nitrogen and oxygen atoms in total. The molecule has 1 unspecified atom stereocenters. The molecule has 1 aliphatic heterocycles. The maximum atomic E-state index is 11.8. The number of guanidine groups is 1. The third-order valence-corrected chi connectivity index (χ3v) is 5.45. The Morgan fingerprint density at radius 3 is 2.64 bits per heavy atom. The topological polar surface area (TPSA) is 60.0 Å². The fourth-order valence-corrected chi connectivity index (χ4v) is 3.87. The van der Waals surface area contributed by atoms with E-state index in [4.69, 9.17) is 4.99 Å². The molecule has 1 aliphatic carbocycles. The number of nitrogens with one attached hydrogen (secondary N) is 2. The van der Waals surface area contributed by atoms with Gasteiger partial charge in [0.2, 0.25) is 5.91 Å². The maximum absolute atomic E-state index is 11.8. The number of carbonyl (C=O) groups excluding carboxylic acids is 1. The van der Waals surface area contributed by atoms with E-state index in [1.807, 2.05) is 11.8 Å². The quantitative estimate of drug-likeness (QED) is 0.543. The molecule has 0 aromatic heterocycles. The summed E-state index contributed by atoms with van der Waals surface area (Å²) in [5.41, 5.74) is 0. The van der Waals surface area contributed by atoms with Crippen LogP contribution in [0.2, 0.25) is 0 Å². The van der Waals surface area contributed by atoms with Crippen molar-refractivity contribution in [1.29, 1.82) is 0 Å². The molecule has 2 fully saturated rings. The summed E-state index contributed by atoms with van der Waals surface area (Å²) in [6, 6.07) is 1.05. The average molecular weight is 352 g/mol. The van der Waals surface area contributed by atoms with E-state index < -0.39 is 0 Å². The highest BCUT2D eigenvalue weighted by Gasteiger charge is 2.25. The number of hydrogen-bond acceptors (Lipinski definition) is 3. The van der Waals surface area contributed by atoms with E-state index in [2.05, 4.69) is 29.5 Å². The van der Waals surface area contributed by atoms with Gasteiger partial charge in [-0.05, 0) is 33.2 Å². The van der Waals surface area contributed by atoms with Crippen molar-refractivity contribution in [2.75, 3.05) is 39.8 Å². The molecule has 0 aromatic carbocycles. The molecule has 1 heterocycles. The van der Waals surface area contributed by atoms with E-state index in [0.717, 1.165) is 51.1 Å². The first-order valence-electron chi connectivity index (χ1n) is 10.2. The number of nitrogens with zero attached hydrogens (tertiary/aromatic N) is 3. The van der Waals surface area contributed by atoms with Gasteiger partial charge >= 0.3 is 0 Å². The van der Waals surface area contributed by atoms with Gasteiger partial charge in [0.15, 0.2) is 5.96 Å². The van der Waals surface area contributed by atoms with Gasteiger partial charge in [-0.2, -0.15) is 0 Å². The summed E-state index contributed by atoms with van der Waals surface area (Å²) in [5, 5.41) is 6.84. The van der Waals surface area contributed by atoms with Crippen LogP contribution in [0.5, 0.6) is 0 Å². The van der Waals surface area contributed by atoms with Crippen molar-refractivity contribution in [3.05, 3.63) is 0 Å². The molecule has 2 rings (SSSR count). The Balaban J connectivity index is 1.77. The molecule has 2 N–H and O–H groups in total. The zero-order chi connectivity index (χ0) is 18.1. The summed E-state index contributed by atoms with van der Waals surface area (Å²) in [6.07, 6.45) is 8.40. The normalized spacial score (nSPS) is 22.5. The second-order valence-electron chi connectivity index (χ2n) is 7.36.